The maximum Gasteiger partial charge on any atom is 0.342 e. The third-order valence-electron chi connectivity index (χ3n) is 1.41. The Morgan fingerprint density at radius 3 is 2.15 bits per heavy atom. The van der Waals surface area contributed by atoms with Gasteiger partial charge in [0.2, 0.25) is 0 Å². The van der Waals surface area contributed by atoms with Gasteiger partial charge in [-0.2, -0.15) is 0 Å². The summed E-state index contributed by atoms with van der Waals surface area (Å²) in [6.45, 7) is 5.19. The van der Waals surface area contributed by atoms with E-state index < -0.39 is 5.97 Å². The first-order valence-electron chi connectivity index (χ1n) is 4.11. The number of rotatable bonds is 4. The van der Waals surface area contributed by atoms with Crippen molar-refractivity contribution in [3.05, 3.63) is 10.1 Å². The van der Waals surface area contributed by atoms with Crippen LogP contribution in [0.1, 0.15) is 27.2 Å². The molecule has 4 heteroatoms. The van der Waals surface area contributed by atoms with Crippen molar-refractivity contribution in [2.24, 2.45) is 0 Å². The quantitative estimate of drug-likeness (QED) is 0.332. The van der Waals surface area contributed by atoms with Crippen molar-refractivity contribution in [3.8, 4) is 0 Å². The molecule has 0 bridgehead atoms. The van der Waals surface area contributed by atoms with Crippen molar-refractivity contribution < 1.29 is 14.3 Å². The third-order valence-corrected chi connectivity index (χ3v) is 2.37. The molecule has 0 saturated heterocycles. The molecule has 0 fully saturated rings. The van der Waals surface area contributed by atoms with Gasteiger partial charge in [-0.3, -0.25) is 4.79 Å². The lowest BCUT2D eigenvalue weighted by atomic mass is 10.1. The summed E-state index contributed by atoms with van der Waals surface area (Å²) in [5, 5.41) is 0. The van der Waals surface area contributed by atoms with Crippen LogP contribution in [0.15, 0.2) is 10.1 Å². The molecule has 0 amide bonds. The van der Waals surface area contributed by atoms with E-state index in [4.69, 9.17) is 4.74 Å². The van der Waals surface area contributed by atoms with Gasteiger partial charge in [-0.05, 0) is 20.3 Å². The van der Waals surface area contributed by atoms with Crippen molar-refractivity contribution >= 4 is 27.7 Å². The van der Waals surface area contributed by atoms with Gasteiger partial charge in [0, 0.05) is 4.48 Å². The molecule has 0 aliphatic rings. The van der Waals surface area contributed by atoms with Gasteiger partial charge in [0.1, 0.15) is 5.57 Å². The number of Topliss-reactive ketones (excluding diaryl/α,β-unsaturated/α-hetero) is 1. The van der Waals surface area contributed by atoms with E-state index in [0.717, 1.165) is 0 Å². The van der Waals surface area contributed by atoms with Crippen LogP contribution >= 0.6 is 15.9 Å². The van der Waals surface area contributed by atoms with Gasteiger partial charge in [-0.15, -0.1) is 0 Å². The molecule has 0 aliphatic heterocycles. The molecule has 0 aromatic carbocycles. The zero-order valence-corrected chi connectivity index (χ0v) is 9.60. The fraction of sp³-hybridized carbons (Fsp3) is 0.556. The number of ketones is 1. The second-order valence-electron chi connectivity index (χ2n) is 2.41. The van der Waals surface area contributed by atoms with E-state index in [0.29, 0.717) is 10.9 Å². The molecule has 0 aliphatic carbocycles. The maximum atomic E-state index is 11.3. The monoisotopic (exact) mass is 248 g/mol. The summed E-state index contributed by atoms with van der Waals surface area (Å²) in [4.78, 5) is 22.3. The van der Waals surface area contributed by atoms with Crippen LogP contribution in [0, 0.1) is 0 Å². The molecule has 0 radical (unpaired) electrons. The van der Waals surface area contributed by atoms with E-state index in [9.17, 15) is 9.59 Å². The van der Waals surface area contributed by atoms with Crippen LogP contribution in [0.2, 0.25) is 0 Å². The SMILES string of the molecule is CCOC(=O)C(C(C)=O)=C(Br)CC. The summed E-state index contributed by atoms with van der Waals surface area (Å²) in [6, 6.07) is 0. The van der Waals surface area contributed by atoms with Crippen LogP contribution in [0.5, 0.6) is 0 Å². The number of hydrogen-bond acceptors (Lipinski definition) is 3. The average molecular weight is 249 g/mol. The molecule has 0 spiro atoms. The van der Waals surface area contributed by atoms with Gasteiger partial charge in [-0.1, -0.05) is 22.9 Å². The molecule has 0 aromatic rings. The minimum absolute atomic E-state index is 0.115. The Bertz CT molecular complexity index is 243. The summed E-state index contributed by atoms with van der Waals surface area (Å²) in [6.07, 6.45) is 0.605. The van der Waals surface area contributed by atoms with Crippen LogP contribution in [0.4, 0.5) is 0 Å². The summed E-state index contributed by atoms with van der Waals surface area (Å²) in [7, 11) is 0. The van der Waals surface area contributed by atoms with Gasteiger partial charge in [-0.25, -0.2) is 4.79 Å². The molecular weight excluding hydrogens is 236 g/mol. The predicted octanol–water partition coefficient (Wildman–Crippen LogP) is 2.20. The average Bonchev–Trinajstić information content (AvgIpc) is 2.04. The maximum absolute atomic E-state index is 11.3. The van der Waals surface area contributed by atoms with E-state index in [1.165, 1.54) is 6.92 Å². The topological polar surface area (TPSA) is 43.4 Å². The van der Waals surface area contributed by atoms with Crippen molar-refractivity contribution in [1.82, 2.24) is 0 Å². The van der Waals surface area contributed by atoms with Gasteiger partial charge in [0.05, 0.1) is 6.61 Å². The highest BCUT2D eigenvalue weighted by Gasteiger charge is 2.18. The highest BCUT2D eigenvalue weighted by Crippen LogP contribution is 2.17. The van der Waals surface area contributed by atoms with E-state index in [-0.39, 0.29) is 18.0 Å². The van der Waals surface area contributed by atoms with E-state index in [2.05, 4.69) is 15.9 Å². The van der Waals surface area contributed by atoms with Gasteiger partial charge >= 0.3 is 5.97 Å². The lowest BCUT2D eigenvalue weighted by Crippen LogP contribution is -2.14. The molecule has 3 nitrogen and oxygen atoms in total. The van der Waals surface area contributed by atoms with E-state index in [1.54, 1.807) is 6.92 Å². The predicted molar refractivity (Wildman–Crippen MR) is 53.6 cm³/mol. The van der Waals surface area contributed by atoms with Crippen LogP contribution in [-0.2, 0) is 14.3 Å². The van der Waals surface area contributed by atoms with Crippen molar-refractivity contribution in [3.63, 3.8) is 0 Å². The number of hydrogen-bond donors (Lipinski definition) is 0. The lowest BCUT2D eigenvalue weighted by Gasteiger charge is -2.05. The molecule has 0 rings (SSSR count). The number of allylic oxidation sites excluding steroid dienone is 1. The highest BCUT2D eigenvalue weighted by molar-refractivity contribution is 9.11. The zero-order valence-electron chi connectivity index (χ0n) is 8.02. The molecule has 0 saturated carbocycles. The highest BCUT2D eigenvalue weighted by atomic mass is 79.9. The van der Waals surface area contributed by atoms with Crippen LogP contribution in [0.25, 0.3) is 0 Å². The number of carbonyl (C=O) groups excluding carboxylic acids is 2. The van der Waals surface area contributed by atoms with Crippen LogP contribution in [0.3, 0.4) is 0 Å². The second kappa shape index (κ2) is 5.91. The molecule has 0 atom stereocenters. The molecule has 13 heavy (non-hydrogen) atoms. The number of carbonyl (C=O) groups is 2. The molecule has 0 unspecified atom stereocenters. The normalized spacial score (nSPS) is 12.0. The van der Waals surface area contributed by atoms with E-state index >= 15 is 0 Å². The summed E-state index contributed by atoms with van der Waals surface area (Å²) < 4.78 is 5.34. The van der Waals surface area contributed by atoms with Crippen molar-refractivity contribution in [2.45, 2.75) is 27.2 Å². The Kier molecular flexibility index (Phi) is 5.62. The Morgan fingerprint density at radius 1 is 1.31 bits per heavy atom. The van der Waals surface area contributed by atoms with Crippen molar-refractivity contribution in [2.75, 3.05) is 6.61 Å². The Balaban J connectivity index is 4.82. The number of halogens is 1. The minimum Gasteiger partial charge on any atom is -0.462 e. The zero-order chi connectivity index (χ0) is 10.4. The fourth-order valence-electron chi connectivity index (χ4n) is 0.826. The summed E-state index contributed by atoms with van der Waals surface area (Å²) >= 11 is 3.17. The molecule has 74 valence electrons. The Labute approximate surface area is 86.3 Å². The Hall–Kier alpha value is -0.640. The smallest absolute Gasteiger partial charge is 0.342 e. The standard InChI is InChI=1S/C9H13BrO3/c1-4-7(10)8(6(3)11)9(12)13-5-2/h4-5H2,1-3H3. The molecule has 0 N–H and O–H groups in total. The van der Waals surface area contributed by atoms with Crippen LogP contribution < -0.4 is 0 Å². The van der Waals surface area contributed by atoms with Gasteiger partial charge in [0.25, 0.3) is 0 Å². The van der Waals surface area contributed by atoms with Crippen molar-refractivity contribution in [1.29, 1.82) is 0 Å². The second-order valence-corrected chi connectivity index (χ2v) is 3.37. The first-order valence-corrected chi connectivity index (χ1v) is 4.90. The lowest BCUT2D eigenvalue weighted by molar-refractivity contribution is -0.139. The number of ether oxygens (including phenoxy) is 1. The fourth-order valence-corrected chi connectivity index (χ4v) is 1.27. The summed E-state index contributed by atoms with van der Waals surface area (Å²) in [5.41, 5.74) is 0.115. The number of esters is 1. The first kappa shape index (κ1) is 12.4. The third kappa shape index (κ3) is 3.72. The Morgan fingerprint density at radius 2 is 1.85 bits per heavy atom. The van der Waals surface area contributed by atoms with E-state index in [1.807, 2.05) is 6.92 Å². The largest absolute Gasteiger partial charge is 0.462 e. The summed E-state index contributed by atoms with van der Waals surface area (Å²) in [5.74, 6) is -0.823. The molecular formula is C9H13BrO3. The van der Waals surface area contributed by atoms with Gasteiger partial charge in [0.15, 0.2) is 5.78 Å². The van der Waals surface area contributed by atoms with Gasteiger partial charge < -0.3 is 4.74 Å². The first-order chi connectivity index (χ1) is 6.04. The minimum atomic E-state index is -0.552. The molecule has 0 aromatic heterocycles. The van der Waals surface area contributed by atoms with Crippen LogP contribution in [-0.4, -0.2) is 18.4 Å². The molecule has 0 heterocycles.